The molecule has 2 aromatic rings. The van der Waals surface area contributed by atoms with Crippen molar-refractivity contribution >= 4 is 35.1 Å². The Bertz CT molecular complexity index is 765. The predicted molar refractivity (Wildman–Crippen MR) is 98.2 cm³/mol. The molecule has 0 saturated carbocycles. The number of nitrogens with one attached hydrogen (secondary N) is 2. The molecule has 0 spiro atoms. The molecule has 1 saturated heterocycles. The average Bonchev–Trinajstić information content (AvgIpc) is 2.98. The van der Waals surface area contributed by atoms with Crippen LogP contribution in [0.4, 0.5) is 20.6 Å². The highest BCUT2D eigenvalue weighted by molar-refractivity contribution is 8.00. The molecule has 0 bridgehead atoms. The maximum atomic E-state index is 13.1. The van der Waals surface area contributed by atoms with Gasteiger partial charge in [-0.2, -0.15) is 0 Å². The zero-order valence-electron chi connectivity index (χ0n) is 13.7. The number of halogens is 1. The molecule has 1 aliphatic rings. The Kier molecular flexibility index (Phi) is 5.23. The number of hydrogen-bond acceptors (Lipinski definition) is 3. The molecule has 1 atom stereocenters. The van der Waals surface area contributed by atoms with Crippen LogP contribution in [0.15, 0.2) is 48.5 Å². The minimum absolute atomic E-state index is 0.00821. The first-order chi connectivity index (χ1) is 12.1. The molecule has 2 aromatic carbocycles. The van der Waals surface area contributed by atoms with Crippen molar-refractivity contribution in [3.63, 3.8) is 0 Å². The van der Waals surface area contributed by atoms with Crippen LogP contribution in [0.2, 0.25) is 0 Å². The summed E-state index contributed by atoms with van der Waals surface area (Å²) in [5, 5.41) is 5.23. The van der Waals surface area contributed by atoms with Crippen molar-refractivity contribution in [3.05, 3.63) is 59.9 Å². The van der Waals surface area contributed by atoms with E-state index in [1.165, 1.54) is 23.9 Å². The molecule has 3 rings (SSSR count). The quantitative estimate of drug-likeness (QED) is 0.874. The Morgan fingerprint density at radius 2 is 1.88 bits per heavy atom. The largest absolute Gasteiger partial charge is 0.338 e. The SMILES string of the molecule is CCNC(=O)Nc1ccc([C@H]2SCC(=O)N2c2ccc(F)cc2)cc1. The molecule has 0 aliphatic carbocycles. The number of rotatable bonds is 4. The fourth-order valence-corrected chi connectivity index (χ4v) is 3.80. The van der Waals surface area contributed by atoms with Gasteiger partial charge >= 0.3 is 6.03 Å². The van der Waals surface area contributed by atoms with E-state index >= 15 is 0 Å². The first kappa shape index (κ1) is 17.3. The van der Waals surface area contributed by atoms with E-state index in [9.17, 15) is 14.0 Å². The fourth-order valence-electron chi connectivity index (χ4n) is 2.62. The summed E-state index contributed by atoms with van der Waals surface area (Å²) in [6.45, 7) is 2.40. The second kappa shape index (κ2) is 7.57. The van der Waals surface area contributed by atoms with Gasteiger partial charge in [-0.05, 0) is 48.9 Å². The number of anilines is 2. The van der Waals surface area contributed by atoms with E-state index in [0.717, 1.165) is 5.56 Å². The zero-order chi connectivity index (χ0) is 17.8. The van der Waals surface area contributed by atoms with Gasteiger partial charge in [0.05, 0.1) is 5.75 Å². The number of urea groups is 1. The maximum Gasteiger partial charge on any atom is 0.319 e. The summed E-state index contributed by atoms with van der Waals surface area (Å²) in [6, 6.07) is 13.0. The second-order valence-corrected chi connectivity index (χ2v) is 6.58. The molecule has 7 heteroatoms. The Morgan fingerprint density at radius 3 is 2.52 bits per heavy atom. The Hall–Kier alpha value is -2.54. The van der Waals surface area contributed by atoms with Crippen molar-refractivity contribution in [3.8, 4) is 0 Å². The first-order valence-corrected chi connectivity index (χ1v) is 8.97. The van der Waals surface area contributed by atoms with Gasteiger partial charge in [0, 0.05) is 17.9 Å². The Labute approximate surface area is 149 Å². The molecule has 1 fully saturated rings. The Morgan fingerprint density at radius 1 is 1.20 bits per heavy atom. The monoisotopic (exact) mass is 359 g/mol. The molecular weight excluding hydrogens is 341 g/mol. The molecule has 0 unspecified atom stereocenters. The Balaban J connectivity index is 1.79. The summed E-state index contributed by atoms with van der Waals surface area (Å²) in [7, 11) is 0. The summed E-state index contributed by atoms with van der Waals surface area (Å²) in [5.74, 6) is 0.0348. The number of hydrogen-bond donors (Lipinski definition) is 2. The molecule has 0 aromatic heterocycles. The number of nitrogens with zero attached hydrogens (tertiary/aromatic N) is 1. The van der Waals surface area contributed by atoms with Crippen molar-refractivity contribution < 1.29 is 14.0 Å². The van der Waals surface area contributed by atoms with Crippen molar-refractivity contribution in [1.82, 2.24) is 5.32 Å². The summed E-state index contributed by atoms with van der Waals surface area (Å²) >= 11 is 1.52. The molecule has 2 N–H and O–H groups in total. The van der Waals surface area contributed by atoms with E-state index < -0.39 is 0 Å². The van der Waals surface area contributed by atoms with Crippen LogP contribution in [-0.4, -0.2) is 24.2 Å². The van der Waals surface area contributed by atoms with Crippen LogP contribution in [0, 0.1) is 5.82 Å². The molecule has 0 radical (unpaired) electrons. The van der Waals surface area contributed by atoms with Crippen LogP contribution in [0.3, 0.4) is 0 Å². The van der Waals surface area contributed by atoms with E-state index in [4.69, 9.17) is 0 Å². The summed E-state index contributed by atoms with van der Waals surface area (Å²) in [5.41, 5.74) is 2.30. The molecule has 130 valence electrons. The van der Waals surface area contributed by atoms with E-state index in [1.807, 2.05) is 19.1 Å². The van der Waals surface area contributed by atoms with Crippen LogP contribution in [-0.2, 0) is 4.79 Å². The summed E-state index contributed by atoms with van der Waals surface area (Å²) < 4.78 is 13.1. The molecule has 25 heavy (non-hydrogen) atoms. The van der Waals surface area contributed by atoms with Gasteiger partial charge in [-0.3, -0.25) is 9.69 Å². The lowest BCUT2D eigenvalue weighted by molar-refractivity contribution is -0.115. The lowest BCUT2D eigenvalue weighted by Crippen LogP contribution is -2.28. The molecule has 5 nitrogen and oxygen atoms in total. The zero-order valence-corrected chi connectivity index (χ0v) is 14.5. The van der Waals surface area contributed by atoms with E-state index in [2.05, 4.69) is 10.6 Å². The topological polar surface area (TPSA) is 61.4 Å². The predicted octanol–water partition coefficient (Wildman–Crippen LogP) is 3.75. The van der Waals surface area contributed by atoms with Crippen LogP contribution < -0.4 is 15.5 Å². The average molecular weight is 359 g/mol. The lowest BCUT2D eigenvalue weighted by atomic mass is 10.1. The minimum Gasteiger partial charge on any atom is -0.338 e. The number of thioether (sulfide) groups is 1. The number of benzene rings is 2. The highest BCUT2D eigenvalue weighted by atomic mass is 32.2. The lowest BCUT2D eigenvalue weighted by Gasteiger charge is -2.24. The number of carbonyl (C=O) groups excluding carboxylic acids is 2. The van der Waals surface area contributed by atoms with Crippen LogP contribution in [0.1, 0.15) is 17.9 Å². The van der Waals surface area contributed by atoms with Crippen molar-refractivity contribution in [2.75, 3.05) is 22.5 Å². The first-order valence-electron chi connectivity index (χ1n) is 7.92. The van der Waals surface area contributed by atoms with Gasteiger partial charge in [0.2, 0.25) is 5.91 Å². The molecule has 1 aliphatic heterocycles. The summed E-state index contributed by atoms with van der Waals surface area (Å²) in [4.78, 5) is 25.5. The van der Waals surface area contributed by atoms with Gasteiger partial charge in [-0.1, -0.05) is 12.1 Å². The smallest absolute Gasteiger partial charge is 0.319 e. The van der Waals surface area contributed by atoms with E-state index in [1.54, 1.807) is 29.2 Å². The molecule has 1 heterocycles. The second-order valence-electron chi connectivity index (χ2n) is 5.51. The normalized spacial score (nSPS) is 16.8. The number of carbonyl (C=O) groups is 2. The third-order valence-corrected chi connectivity index (χ3v) is 4.98. The van der Waals surface area contributed by atoms with Crippen molar-refractivity contribution in [2.24, 2.45) is 0 Å². The van der Waals surface area contributed by atoms with Gasteiger partial charge in [-0.25, -0.2) is 9.18 Å². The van der Waals surface area contributed by atoms with E-state index in [0.29, 0.717) is 23.7 Å². The minimum atomic E-state index is -0.333. The fraction of sp³-hybridized carbons (Fsp3) is 0.222. The van der Waals surface area contributed by atoms with Gasteiger partial charge < -0.3 is 10.6 Å². The highest BCUT2D eigenvalue weighted by Crippen LogP contribution is 2.41. The van der Waals surface area contributed by atoms with Crippen LogP contribution in [0.25, 0.3) is 0 Å². The number of amides is 3. The van der Waals surface area contributed by atoms with Crippen molar-refractivity contribution in [1.29, 1.82) is 0 Å². The van der Waals surface area contributed by atoms with Crippen LogP contribution in [0.5, 0.6) is 0 Å². The summed E-state index contributed by atoms with van der Waals surface area (Å²) in [6.07, 6.45) is 0. The maximum absolute atomic E-state index is 13.1. The third kappa shape index (κ3) is 3.93. The third-order valence-electron chi connectivity index (χ3n) is 3.76. The van der Waals surface area contributed by atoms with Gasteiger partial charge in [0.25, 0.3) is 0 Å². The van der Waals surface area contributed by atoms with Gasteiger partial charge in [0.1, 0.15) is 11.2 Å². The van der Waals surface area contributed by atoms with Crippen LogP contribution >= 0.6 is 11.8 Å². The van der Waals surface area contributed by atoms with Gasteiger partial charge in [-0.15, -0.1) is 11.8 Å². The van der Waals surface area contributed by atoms with Crippen molar-refractivity contribution in [2.45, 2.75) is 12.3 Å². The van der Waals surface area contributed by atoms with Gasteiger partial charge in [0.15, 0.2) is 0 Å². The molecule has 3 amide bonds. The highest BCUT2D eigenvalue weighted by Gasteiger charge is 2.33. The molecular formula is C18H18FN3O2S. The standard InChI is InChI=1S/C18H18FN3O2S/c1-2-20-18(24)21-14-7-3-12(4-8-14)17-22(16(23)11-25-17)15-9-5-13(19)6-10-15/h3-10,17H,2,11H2,1H3,(H2,20,21,24)/t17-/m1/s1. The van der Waals surface area contributed by atoms with E-state index in [-0.39, 0.29) is 23.1 Å².